The van der Waals surface area contributed by atoms with Gasteiger partial charge >= 0.3 is 6.18 Å². The van der Waals surface area contributed by atoms with Gasteiger partial charge in [-0.25, -0.2) is 4.68 Å². The quantitative estimate of drug-likeness (QED) is 0.923. The first-order chi connectivity index (χ1) is 9.90. The van der Waals surface area contributed by atoms with Gasteiger partial charge in [0.25, 0.3) is 0 Å². The molecule has 3 rings (SSSR count). The fourth-order valence-corrected chi connectivity index (χ4v) is 2.17. The van der Waals surface area contributed by atoms with Gasteiger partial charge in [-0.2, -0.15) is 23.5 Å². The van der Waals surface area contributed by atoms with Crippen LogP contribution in [0.2, 0.25) is 0 Å². The zero-order valence-corrected chi connectivity index (χ0v) is 10.7. The number of nitriles is 1. The molecule has 1 N–H and O–H groups in total. The molecule has 1 aromatic carbocycles. The minimum atomic E-state index is -4.74. The van der Waals surface area contributed by atoms with Crippen LogP contribution in [0.1, 0.15) is 35.4 Å². The van der Waals surface area contributed by atoms with Gasteiger partial charge in [-0.3, -0.25) is 0 Å². The molecular weight excluding hydrogens is 283 g/mol. The molecule has 1 saturated carbocycles. The normalized spacial score (nSPS) is 15.0. The molecule has 0 bridgehead atoms. The number of aromatic nitrogens is 2. The maximum atomic E-state index is 12.9. The largest absolute Gasteiger partial charge is 0.505 e. The number of rotatable bonds is 2. The van der Waals surface area contributed by atoms with Crippen LogP contribution in [-0.4, -0.2) is 14.9 Å². The molecule has 2 aromatic rings. The molecule has 0 amide bonds. The predicted molar refractivity (Wildman–Crippen MR) is 66.9 cm³/mol. The summed E-state index contributed by atoms with van der Waals surface area (Å²) >= 11 is 0. The third-order valence-electron chi connectivity index (χ3n) is 3.42. The highest BCUT2D eigenvalue weighted by molar-refractivity contribution is 5.56. The van der Waals surface area contributed by atoms with Crippen LogP contribution in [0.25, 0.3) is 5.69 Å². The summed E-state index contributed by atoms with van der Waals surface area (Å²) in [7, 11) is 0. The maximum Gasteiger partial charge on any atom is 0.420 e. The highest BCUT2D eigenvalue weighted by Gasteiger charge is 2.36. The topological polar surface area (TPSA) is 61.8 Å². The second kappa shape index (κ2) is 4.52. The van der Waals surface area contributed by atoms with Gasteiger partial charge in [0.15, 0.2) is 5.75 Å². The summed E-state index contributed by atoms with van der Waals surface area (Å²) in [5.41, 5.74) is -0.641. The van der Waals surface area contributed by atoms with Crippen LogP contribution in [0.15, 0.2) is 24.5 Å². The third-order valence-corrected chi connectivity index (χ3v) is 3.42. The first kappa shape index (κ1) is 13.5. The zero-order chi connectivity index (χ0) is 15.2. The first-order valence-electron chi connectivity index (χ1n) is 6.29. The Balaban J connectivity index is 2.14. The summed E-state index contributed by atoms with van der Waals surface area (Å²) in [5, 5.41) is 22.7. The van der Waals surface area contributed by atoms with Crippen LogP contribution >= 0.6 is 0 Å². The van der Waals surface area contributed by atoms with E-state index in [2.05, 4.69) is 5.10 Å². The molecule has 4 nitrogen and oxygen atoms in total. The number of nitrogens with zero attached hydrogens (tertiary/aromatic N) is 3. The Bertz CT molecular complexity index is 739. The number of phenolic OH excluding ortho intramolecular Hbond substituents is 1. The monoisotopic (exact) mass is 293 g/mol. The lowest BCUT2D eigenvalue weighted by Gasteiger charge is -2.13. The van der Waals surface area contributed by atoms with Crippen molar-refractivity contribution in [3.63, 3.8) is 0 Å². The summed E-state index contributed by atoms with van der Waals surface area (Å²) in [4.78, 5) is 0. The lowest BCUT2D eigenvalue weighted by atomic mass is 10.1. The first-order valence-corrected chi connectivity index (χ1v) is 6.29. The molecule has 21 heavy (non-hydrogen) atoms. The van der Waals surface area contributed by atoms with Crippen molar-refractivity contribution in [1.29, 1.82) is 5.26 Å². The highest BCUT2D eigenvalue weighted by atomic mass is 19.4. The average molecular weight is 293 g/mol. The third kappa shape index (κ3) is 2.44. The highest BCUT2D eigenvalue weighted by Crippen LogP contribution is 2.42. The SMILES string of the molecule is N#Cc1cc(-n2cc(C3CC3)cn2)c(O)c(C(F)(F)F)c1. The number of alkyl halides is 3. The number of aromatic hydroxyl groups is 1. The van der Waals surface area contributed by atoms with Crippen LogP contribution in [0, 0.1) is 11.3 Å². The number of hydrogen-bond donors (Lipinski definition) is 1. The Labute approximate surface area is 118 Å². The predicted octanol–water partition coefficient (Wildman–Crippen LogP) is 3.35. The van der Waals surface area contributed by atoms with Crippen molar-refractivity contribution in [3.05, 3.63) is 41.2 Å². The van der Waals surface area contributed by atoms with E-state index >= 15 is 0 Å². The molecule has 108 valence electrons. The van der Waals surface area contributed by atoms with Crippen LogP contribution in [-0.2, 0) is 6.18 Å². The molecule has 1 aliphatic carbocycles. The van der Waals surface area contributed by atoms with E-state index < -0.39 is 17.5 Å². The average Bonchev–Trinajstić information content (AvgIpc) is 3.16. The fraction of sp³-hybridized carbons (Fsp3) is 0.286. The van der Waals surface area contributed by atoms with Crippen molar-refractivity contribution in [3.8, 4) is 17.5 Å². The molecule has 0 saturated heterocycles. The van der Waals surface area contributed by atoms with Crippen molar-refractivity contribution in [2.45, 2.75) is 24.9 Å². The molecule has 0 spiro atoms. The van der Waals surface area contributed by atoms with E-state index in [-0.39, 0.29) is 11.3 Å². The van der Waals surface area contributed by atoms with E-state index in [0.29, 0.717) is 12.0 Å². The number of hydrogen-bond acceptors (Lipinski definition) is 3. The molecule has 1 aliphatic rings. The van der Waals surface area contributed by atoms with Gasteiger partial charge in [0, 0.05) is 6.20 Å². The van der Waals surface area contributed by atoms with Gasteiger partial charge in [0.2, 0.25) is 0 Å². The van der Waals surface area contributed by atoms with Gasteiger partial charge in [-0.1, -0.05) is 0 Å². The Kier molecular flexibility index (Phi) is 2.90. The number of benzene rings is 1. The van der Waals surface area contributed by atoms with E-state index in [4.69, 9.17) is 5.26 Å². The molecule has 1 aromatic heterocycles. The van der Waals surface area contributed by atoms with Crippen molar-refractivity contribution < 1.29 is 18.3 Å². The van der Waals surface area contributed by atoms with Crippen LogP contribution in [0.5, 0.6) is 5.75 Å². The van der Waals surface area contributed by atoms with Crippen molar-refractivity contribution in [2.75, 3.05) is 0 Å². The summed E-state index contributed by atoms with van der Waals surface area (Å²) in [6.45, 7) is 0. The second-order valence-corrected chi connectivity index (χ2v) is 4.99. The molecule has 0 radical (unpaired) electrons. The molecule has 0 aliphatic heterocycles. The second-order valence-electron chi connectivity index (χ2n) is 4.99. The van der Waals surface area contributed by atoms with Gasteiger partial charge in [0.1, 0.15) is 11.3 Å². The molecule has 1 heterocycles. The van der Waals surface area contributed by atoms with Gasteiger partial charge in [0.05, 0.1) is 17.8 Å². The molecule has 0 atom stereocenters. The van der Waals surface area contributed by atoms with E-state index in [0.717, 1.165) is 18.4 Å². The Morgan fingerprint density at radius 2 is 2.05 bits per heavy atom. The Morgan fingerprint density at radius 1 is 1.33 bits per heavy atom. The number of halogens is 3. The van der Waals surface area contributed by atoms with Gasteiger partial charge < -0.3 is 5.11 Å². The Morgan fingerprint density at radius 3 is 2.62 bits per heavy atom. The minimum Gasteiger partial charge on any atom is -0.505 e. The molecule has 0 unspecified atom stereocenters. The molecular formula is C14H10F3N3O. The van der Waals surface area contributed by atoms with E-state index in [1.165, 1.54) is 10.7 Å². The molecule has 7 heteroatoms. The van der Waals surface area contributed by atoms with Crippen molar-refractivity contribution in [1.82, 2.24) is 9.78 Å². The van der Waals surface area contributed by atoms with E-state index in [1.807, 2.05) is 0 Å². The summed E-state index contributed by atoms with van der Waals surface area (Å²) in [6.07, 6.45) is 0.489. The van der Waals surface area contributed by atoms with Crippen LogP contribution in [0.3, 0.4) is 0 Å². The molecule has 1 fully saturated rings. The van der Waals surface area contributed by atoms with Crippen LogP contribution < -0.4 is 0 Å². The maximum absolute atomic E-state index is 12.9. The summed E-state index contributed by atoms with van der Waals surface area (Å²) < 4.78 is 39.9. The zero-order valence-electron chi connectivity index (χ0n) is 10.7. The van der Waals surface area contributed by atoms with Crippen molar-refractivity contribution in [2.24, 2.45) is 0 Å². The standard InChI is InChI=1S/C14H10F3N3O/c15-14(16,17)11-3-8(5-18)4-12(13(11)21)20-7-10(6-19-20)9-1-2-9/h3-4,6-7,9,21H,1-2H2. The number of phenols is 1. The van der Waals surface area contributed by atoms with Gasteiger partial charge in [-0.15, -0.1) is 0 Å². The Hall–Kier alpha value is -2.49. The summed E-state index contributed by atoms with van der Waals surface area (Å²) in [6, 6.07) is 3.48. The van der Waals surface area contributed by atoms with Gasteiger partial charge in [-0.05, 0) is 36.5 Å². The lowest BCUT2D eigenvalue weighted by molar-refractivity contribution is -0.138. The lowest BCUT2D eigenvalue weighted by Crippen LogP contribution is -2.08. The van der Waals surface area contributed by atoms with E-state index in [1.54, 1.807) is 18.5 Å². The smallest absolute Gasteiger partial charge is 0.420 e. The van der Waals surface area contributed by atoms with Crippen LogP contribution in [0.4, 0.5) is 13.2 Å². The fourth-order valence-electron chi connectivity index (χ4n) is 2.17. The van der Waals surface area contributed by atoms with E-state index in [9.17, 15) is 18.3 Å². The minimum absolute atomic E-state index is 0.145. The van der Waals surface area contributed by atoms with Crippen molar-refractivity contribution >= 4 is 0 Å². The summed E-state index contributed by atoms with van der Waals surface area (Å²) in [5.74, 6) is -0.533.